The Morgan fingerprint density at radius 2 is 1.81 bits per heavy atom. The Morgan fingerprint density at radius 3 is 2.50 bits per heavy atom. The monoisotopic (exact) mass is 357 g/mol. The van der Waals surface area contributed by atoms with Crippen molar-refractivity contribution >= 4 is 22.7 Å². The molecular formula is C22H31NO3. The van der Waals surface area contributed by atoms with Gasteiger partial charge in [-0.1, -0.05) is 58.2 Å². The molecule has 0 spiro atoms. The Hall–Kier alpha value is -2.10. The summed E-state index contributed by atoms with van der Waals surface area (Å²) in [4.78, 5) is 27.1. The summed E-state index contributed by atoms with van der Waals surface area (Å²) in [6.07, 6.45) is 5.22. The van der Waals surface area contributed by atoms with Crippen molar-refractivity contribution in [2.24, 2.45) is 11.8 Å². The number of carboxylic acids is 1. The summed E-state index contributed by atoms with van der Waals surface area (Å²) in [6.45, 7) is 6.60. The fraction of sp³-hybridized carbons (Fsp3) is 0.545. The molecular weight excluding hydrogens is 326 g/mol. The zero-order valence-corrected chi connectivity index (χ0v) is 16.2. The maximum absolute atomic E-state index is 13.0. The minimum Gasteiger partial charge on any atom is -0.481 e. The van der Waals surface area contributed by atoms with Gasteiger partial charge in [-0.3, -0.25) is 9.59 Å². The fourth-order valence-corrected chi connectivity index (χ4v) is 3.52. The highest BCUT2D eigenvalue weighted by molar-refractivity contribution is 6.09. The standard InChI is InChI=1S/C22H31NO3/c1-15(2)8-6-9-16(3)14-20(24)22-17-10-4-5-11-18(17)23-19(22)12-7-13-21(25)26/h4-5,10-11,15-16,23H,6-9,12-14H2,1-3H3,(H,25,26). The number of para-hydroxylation sites is 1. The Morgan fingerprint density at radius 1 is 1.08 bits per heavy atom. The van der Waals surface area contributed by atoms with Crippen LogP contribution < -0.4 is 0 Å². The summed E-state index contributed by atoms with van der Waals surface area (Å²) < 4.78 is 0. The third kappa shape index (κ3) is 5.72. The molecule has 1 aromatic heterocycles. The highest BCUT2D eigenvalue weighted by atomic mass is 16.4. The van der Waals surface area contributed by atoms with Gasteiger partial charge in [-0.25, -0.2) is 0 Å². The van der Waals surface area contributed by atoms with Crippen molar-refractivity contribution in [1.82, 2.24) is 4.98 Å². The van der Waals surface area contributed by atoms with Gasteiger partial charge in [0.25, 0.3) is 0 Å². The molecule has 2 N–H and O–H groups in total. The van der Waals surface area contributed by atoms with Crippen LogP contribution in [0.25, 0.3) is 10.9 Å². The zero-order chi connectivity index (χ0) is 19.1. The molecule has 1 heterocycles. The smallest absolute Gasteiger partial charge is 0.303 e. The predicted molar refractivity (Wildman–Crippen MR) is 106 cm³/mol. The number of fused-ring (bicyclic) bond motifs is 1. The lowest BCUT2D eigenvalue weighted by Gasteiger charge is -2.12. The van der Waals surface area contributed by atoms with Crippen LogP contribution >= 0.6 is 0 Å². The quantitative estimate of drug-likeness (QED) is 0.513. The number of carbonyl (C=O) groups is 2. The minimum atomic E-state index is -0.798. The average Bonchev–Trinajstić information content (AvgIpc) is 2.92. The zero-order valence-electron chi connectivity index (χ0n) is 16.2. The Balaban J connectivity index is 2.12. The minimum absolute atomic E-state index is 0.120. The van der Waals surface area contributed by atoms with Crippen LogP contribution in [0.1, 0.15) is 75.3 Å². The number of Topliss-reactive ketones (excluding diaryl/α,β-unsaturated/α-hetero) is 1. The number of aliphatic carboxylic acids is 1. The molecule has 26 heavy (non-hydrogen) atoms. The van der Waals surface area contributed by atoms with Crippen LogP contribution in [0.4, 0.5) is 0 Å². The molecule has 0 saturated carbocycles. The molecule has 0 amide bonds. The van der Waals surface area contributed by atoms with E-state index in [1.807, 2.05) is 24.3 Å². The van der Waals surface area contributed by atoms with Crippen LogP contribution in [0.2, 0.25) is 0 Å². The SMILES string of the molecule is CC(C)CCCC(C)CC(=O)c1c(CCCC(=O)O)[nH]c2ccccc12. The van der Waals surface area contributed by atoms with E-state index >= 15 is 0 Å². The molecule has 0 aliphatic heterocycles. The van der Waals surface area contributed by atoms with Crippen LogP contribution in [-0.4, -0.2) is 21.8 Å². The van der Waals surface area contributed by atoms with Crippen LogP contribution in [0.15, 0.2) is 24.3 Å². The molecule has 2 rings (SSSR count). The number of benzene rings is 1. The maximum Gasteiger partial charge on any atom is 0.303 e. The van der Waals surface area contributed by atoms with Gasteiger partial charge < -0.3 is 10.1 Å². The van der Waals surface area contributed by atoms with E-state index in [0.29, 0.717) is 31.1 Å². The second kappa shape index (κ2) is 9.56. The van der Waals surface area contributed by atoms with E-state index in [4.69, 9.17) is 5.11 Å². The lowest BCUT2D eigenvalue weighted by Crippen LogP contribution is -2.09. The number of nitrogens with one attached hydrogen (secondary N) is 1. The molecule has 0 bridgehead atoms. The predicted octanol–water partition coefficient (Wildman–Crippen LogP) is 5.61. The molecule has 1 aromatic carbocycles. The van der Waals surface area contributed by atoms with Crippen molar-refractivity contribution in [3.05, 3.63) is 35.5 Å². The van der Waals surface area contributed by atoms with E-state index in [-0.39, 0.29) is 12.2 Å². The molecule has 0 fully saturated rings. The normalized spacial score (nSPS) is 12.6. The first kappa shape index (κ1) is 20.2. The van der Waals surface area contributed by atoms with Crippen molar-refractivity contribution < 1.29 is 14.7 Å². The van der Waals surface area contributed by atoms with Gasteiger partial charge in [-0.05, 0) is 30.7 Å². The molecule has 0 saturated heterocycles. The molecule has 4 nitrogen and oxygen atoms in total. The summed E-state index contributed by atoms with van der Waals surface area (Å²) in [5, 5.41) is 9.83. The summed E-state index contributed by atoms with van der Waals surface area (Å²) in [7, 11) is 0. The van der Waals surface area contributed by atoms with E-state index in [9.17, 15) is 9.59 Å². The van der Waals surface area contributed by atoms with Crippen molar-refractivity contribution in [2.45, 2.75) is 65.7 Å². The number of aromatic nitrogens is 1. The largest absolute Gasteiger partial charge is 0.481 e. The number of ketones is 1. The number of aryl methyl sites for hydroxylation is 1. The van der Waals surface area contributed by atoms with Crippen LogP contribution in [0.5, 0.6) is 0 Å². The molecule has 0 aliphatic rings. The topological polar surface area (TPSA) is 70.2 Å². The molecule has 0 radical (unpaired) electrons. The summed E-state index contributed by atoms with van der Waals surface area (Å²) in [5.74, 6) is 0.437. The van der Waals surface area contributed by atoms with Gasteiger partial charge in [0.15, 0.2) is 5.78 Å². The van der Waals surface area contributed by atoms with Crippen LogP contribution in [0.3, 0.4) is 0 Å². The molecule has 2 aromatic rings. The number of hydrogen-bond donors (Lipinski definition) is 2. The van der Waals surface area contributed by atoms with Crippen molar-refractivity contribution in [3.63, 3.8) is 0 Å². The molecule has 0 aliphatic carbocycles. The second-order valence-corrected chi connectivity index (χ2v) is 7.83. The van der Waals surface area contributed by atoms with E-state index in [0.717, 1.165) is 35.0 Å². The molecule has 1 atom stereocenters. The highest BCUT2D eigenvalue weighted by Gasteiger charge is 2.20. The number of aromatic amines is 1. The Kier molecular flexibility index (Phi) is 7.43. The highest BCUT2D eigenvalue weighted by Crippen LogP contribution is 2.27. The third-order valence-corrected chi connectivity index (χ3v) is 4.89. The van der Waals surface area contributed by atoms with Gasteiger partial charge >= 0.3 is 5.97 Å². The molecule has 142 valence electrons. The first-order valence-corrected chi connectivity index (χ1v) is 9.73. The maximum atomic E-state index is 13.0. The number of carbonyl (C=O) groups excluding carboxylic acids is 1. The summed E-state index contributed by atoms with van der Waals surface area (Å²) in [5.41, 5.74) is 2.60. The van der Waals surface area contributed by atoms with Gasteiger partial charge in [0.1, 0.15) is 0 Å². The van der Waals surface area contributed by atoms with E-state index in [2.05, 4.69) is 25.8 Å². The number of rotatable bonds is 11. The number of hydrogen-bond acceptors (Lipinski definition) is 2. The third-order valence-electron chi connectivity index (χ3n) is 4.89. The second-order valence-electron chi connectivity index (χ2n) is 7.83. The number of carboxylic acid groups (broad SMARTS) is 1. The van der Waals surface area contributed by atoms with E-state index in [1.54, 1.807) is 0 Å². The lowest BCUT2D eigenvalue weighted by atomic mass is 9.92. The summed E-state index contributed by atoms with van der Waals surface area (Å²) in [6, 6.07) is 7.84. The van der Waals surface area contributed by atoms with Crippen molar-refractivity contribution in [1.29, 1.82) is 0 Å². The average molecular weight is 357 g/mol. The first-order valence-electron chi connectivity index (χ1n) is 9.73. The first-order chi connectivity index (χ1) is 12.4. The van der Waals surface area contributed by atoms with Crippen LogP contribution in [-0.2, 0) is 11.2 Å². The van der Waals surface area contributed by atoms with E-state index < -0.39 is 5.97 Å². The number of H-pyrrole nitrogens is 1. The van der Waals surface area contributed by atoms with Gasteiger partial charge in [0.2, 0.25) is 0 Å². The van der Waals surface area contributed by atoms with Crippen molar-refractivity contribution in [2.75, 3.05) is 0 Å². The lowest BCUT2D eigenvalue weighted by molar-refractivity contribution is -0.137. The van der Waals surface area contributed by atoms with Gasteiger partial charge in [0, 0.05) is 35.0 Å². The summed E-state index contributed by atoms with van der Waals surface area (Å²) >= 11 is 0. The van der Waals surface area contributed by atoms with Crippen LogP contribution in [0, 0.1) is 11.8 Å². The molecule has 4 heteroatoms. The fourth-order valence-electron chi connectivity index (χ4n) is 3.52. The van der Waals surface area contributed by atoms with Gasteiger partial charge in [-0.2, -0.15) is 0 Å². The van der Waals surface area contributed by atoms with E-state index in [1.165, 1.54) is 6.42 Å². The molecule has 1 unspecified atom stereocenters. The Bertz CT molecular complexity index is 745. The van der Waals surface area contributed by atoms with Gasteiger partial charge in [0.05, 0.1) is 0 Å². The van der Waals surface area contributed by atoms with Gasteiger partial charge in [-0.15, -0.1) is 0 Å². The Labute approximate surface area is 156 Å². The van der Waals surface area contributed by atoms with Crippen molar-refractivity contribution in [3.8, 4) is 0 Å².